The fraction of sp³-hybridized carbons (Fsp3) is 0.933. The van der Waals surface area contributed by atoms with Crippen LogP contribution in [0.15, 0.2) is 0 Å². The van der Waals surface area contributed by atoms with Crippen LogP contribution in [0.3, 0.4) is 0 Å². The maximum absolute atomic E-state index is 10.6. The van der Waals surface area contributed by atoms with Crippen LogP contribution >= 0.6 is 0 Å². The van der Waals surface area contributed by atoms with Crippen molar-refractivity contribution in [3.63, 3.8) is 0 Å². The number of rotatable bonds is 10. The van der Waals surface area contributed by atoms with Crippen molar-refractivity contribution in [3.05, 3.63) is 0 Å². The van der Waals surface area contributed by atoms with Crippen LogP contribution in [0.25, 0.3) is 0 Å². The summed E-state index contributed by atoms with van der Waals surface area (Å²) in [6.45, 7) is 2.91. The first-order valence-corrected chi connectivity index (χ1v) is 7.59. The third kappa shape index (κ3) is 7.12. The van der Waals surface area contributed by atoms with E-state index in [0.717, 1.165) is 19.1 Å². The molecule has 1 rings (SSSR count). The van der Waals surface area contributed by atoms with Gasteiger partial charge in [0.15, 0.2) is 6.29 Å². The van der Waals surface area contributed by atoms with Crippen molar-refractivity contribution < 1.29 is 14.3 Å². The standard InChI is InChI=1S/C15H28O3/c1-2-3-4-5-6-7-8-9-10-14-11-12-17-15(13-16)18-14/h13-15H,2-12H2,1H3. The normalized spacial score (nSPS) is 24.1. The van der Waals surface area contributed by atoms with Crippen LogP contribution in [0, 0.1) is 0 Å². The van der Waals surface area contributed by atoms with Crippen molar-refractivity contribution in [2.45, 2.75) is 83.5 Å². The lowest BCUT2D eigenvalue weighted by molar-refractivity contribution is -0.203. The lowest BCUT2D eigenvalue weighted by atomic mass is 10.0. The zero-order valence-corrected chi connectivity index (χ0v) is 11.7. The highest BCUT2D eigenvalue weighted by Gasteiger charge is 2.21. The van der Waals surface area contributed by atoms with E-state index in [1.54, 1.807) is 0 Å². The van der Waals surface area contributed by atoms with Crippen molar-refractivity contribution >= 4 is 6.29 Å². The molecule has 0 amide bonds. The third-order valence-electron chi connectivity index (χ3n) is 3.54. The van der Waals surface area contributed by atoms with Gasteiger partial charge in [0, 0.05) is 0 Å². The van der Waals surface area contributed by atoms with E-state index in [1.165, 1.54) is 51.4 Å². The Hall–Kier alpha value is -0.410. The van der Waals surface area contributed by atoms with Crippen LogP contribution in [0.1, 0.15) is 71.1 Å². The first-order valence-electron chi connectivity index (χ1n) is 7.59. The van der Waals surface area contributed by atoms with Crippen LogP contribution in [-0.2, 0) is 14.3 Å². The molecule has 0 aromatic heterocycles. The lowest BCUT2D eigenvalue weighted by Crippen LogP contribution is -2.33. The molecule has 106 valence electrons. The summed E-state index contributed by atoms with van der Waals surface area (Å²) in [6.07, 6.45) is 13.0. The Morgan fingerprint density at radius 3 is 2.39 bits per heavy atom. The van der Waals surface area contributed by atoms with Crippen molar-refractivity contribution in [1.29, 1.82) is 0 Å². The van der Waals surface area contributed by atoms with Gasteiger partial charge in [0.05, 0.1) is 12.7 Å². The van der Waals surface area contributed by atoms with E-state index < -0.39 is 6.29 Å². The molecule has 3 nitrogen and oxygen atoms in total. The number of hydrogen-bond donors (Lipinski definition) is 0. The van der Waals surface area contributed by atoms with Crippen LogP contribution in [0.2, 0.25) is 0 Å². The topological polar surface area (TPSA) is 35.5 Å². The molecule has 0 aliphatic carbocycles. The van der Waals surface area contributed by atoms with Gasteiger partial charge >= 0.3 is 0 Å². The van der Waals surface area contributed by atoms with Crippen molar-refractivity contribution in [3.8, 4) is 0 Å². The summed E-state index contributed by atoms with van der Waals surface area (Å²) < 4.78 is 10.7. The molecular formula is C15H28O3. The van der Waals surface area contributed by atoms with Gasteiger partial charge in [-0.05, 0) is 12.8 Å². The molecule has 0 spiro atoms. The highest BCUT2D eigenvalue weighted by Crippen LogP contribution is 2.18. The molecule has 0 saturated carbocycles. The number of unbranched alkanes of at least 4 members (excludes halogenated alkanes) is 7. The number of carbonyl (C=O) groups excluding carboxylic acids is 1. The van der Waals surface area contributed by atoms with E-state index in [0.29, 0.717) is 6.61 Å². The molecule has 0 N–H and O–H groups in total. The summed E-state index contributed by atoms with van der Waals surface area (Å²) in [5, 5.41) is 0. The van der Waals surface area contributed by atoms with E-state index in [-0.39, 0.29) is 6.10 Å². The van der Waals surface area contributed by atoms with Gasteiger partial charge in [-0.2, -0.15) is 0 Å². The van der Waals surface area contributed by atoms with Gasteiger partial charge in [-0.25, -0.2) is 0 Å². The second kappa shape index (κ2) is 10.5. The Morgan fingerprint density at radius 2 is 1.72 bits per heavy atom. The van der Waals surface area contributed by atoms with Crippen LogP contribution in [0.4, 0.5) is 0 Å². The fourth-order valence-electron chi connectivity index (χ4n) is 2.40. The van der Waals surface area contributed by atoms with Crippen LogP contribution in [0.5, 0.6) is 0 Å². The van der Waals surface area contributed by atoms with Gasteiger partial charge < -0.3 is 9.47 Å². The highest BCUT2D eigenvalue weighted by molar-refractivity contribution is 5.53. The molecule has 0 aromatic rings. The highest BCUT2D eigenvalue weighted by atomic mass is 16.7. The number of hydrogen-bond acceptors (Lipinski definition) is 3. The number of aldehydes is 1. The van der Waals surface area contributed by atoms with E-state index in [1.807, 2.05) is 0 Å². The van der Waals surface area contributed by atoms with Crippen molar-refractivity contribution in [2.24, 2.45) is 0 Å². The van der Waals surface area contributed by atoms with Gasteiger partial charge in [-0.1, -0.05) is 58.3 Å². The molecule has 2 atom stereocenters. The Morgan fingerprint density at radius 1 is 1.06 bits per heavy atom. The first-order chi connectivity index (χ1) is 8.86. The lowest BCUT2D eigenvalue weighted by Gasteiger charge is -2.27. The van der Waals surface area contributed by atoms with Gasteiger partial charge in [-0.15, -0.1) is 0 Å². The fourth-order valence-corrected chi connectivity index (χ4v) is 2.40. The molecule has 1 heterocycles. The average molecular weight is 256 g/mol. The van der Waals surface area contributed by atoms with E-state index >= 15 is 0 Å². The average Bonchev–Trinajstić information content (AvgIpc) is 2.42. The SMILES string of the molecule is CCCCCCCCCCC1CCOC(C=O)O1. The molecule has 1 aliphatic heterocycles. The molecule has 1 fully saturated rings. The monoisotopic (exact) mass is 256 g/mol. The van der Waals surface area contributed by atoms with E-state index in [9.17, 15) is 4.79 Å². The first kappa shape index (κ1) is 15.6. The minimum atomic E-state index is -0.613. The number of ether oxygens (including phenoxy) is 2. The number of carbonyl (C=O) groups is 1. The summed E-state index contributed by atoms with van der Waals surface area (Å²) in [5.74, 6) is 0. The maximum atomic E-state index is 10.6. The smallest absolute Gasteiger partial charge is 0.214 e. The Labute approximate surface area is 111 Å². The molecule has 1 saturated heterocycles. The molecule has 3 heteroatoms. The molecule has 0 bridgehead atoms. The van der Waals surface area contributed by atoms with Gasteiger partial charge in [0.1, 0.15) is 0 Å². The largest absolute Gasteiger partial charge is 0.346 e. The summed E-state index contributed by atoms with van der Waals surface area (Å²) in [4.78, 5) is 10.6. The predicted octanol–water partition coefficient (Wildman–Crippen LogP) is 3.85. The zero-order valence-electron chi connectivity index (χ0n) is 11.7. The maximum Gasteiger partial charge on any atom is 0.214 e. The second-order valence-electron chi connectivity index (χ2n) is 5.19. The Kier molecular flexibility index (Phi) is 9.13. The molecule has 0 aromatic carbocycles. The summed E-state index contributed by atoms with van der Waals surface area (Å²) in [7, 11) is 0. The van der Waals surface area contributed by atoms with Crippen LogP contribution < -0.4 is 0 Å². The third-order valence-corrected chi connectivity index (χ3v) is 3.54. The second-order valence-corrected chi connectivity index (χ2v) is 5.19. The Bertz CT molecular complexity index is 206. The minimum Gasteiger partial charge on any atom is -0.346 e. The minimum absolute atomic E-state index is 0.231. The summed E-state index contributed by atoms with van der Waals surface area (Å²) >= 11 is 0. The van der Waals surface area contributed by atoms with Gasteiger partial charge in [0.2, 0.25) is 6.29 Å². The van der Waals surface area contributed by atoms with E-state index in [2.05, 4.69) is 6.92 Å². The Balaban J connectivity index is 1.89. The van der Waals surface area contributed by atoms with Crippen molar-refractivity contribution in [2.75, 3.05) is 6.61 Å². The van der Waals surface area contributed by atoms with Gasteiger partial charge in [0.25, 0.3) is 0 Å². The molecule has 2 unspecified atom stereocenters. The van der Waals surface area contributed by atoms with E-state index in [4.69, 9.17) is 9.47 Å². The van der Waals surface area contributed by atoms with Gasteiger partial charge in [-0.3, -0.25) is 4.79 Å². The predicted molar refractivity (Wildman–Crippen MR) is 72.5 cm³/mol. The molecule has 1 aliphatic rings. The molecule has 0 radical (unpaired) electrons. The molecular weight excluding hydrogens is 228 g/mol. The van der Waals surface area contributed by atoms with Crippen LogP contribution in [-0.4, -0.2) is 25.3 Å². The summed E-state index contributed by atoms with van der Waals surface area (Å²) in [6, 6.07) is 0. The quantitative estimate of drug-likeness (QED) is 0.440. The molecule has 18 heavy (non-hydrogen) atoms. The zero-order chi connectivity index (χ0) is 13.1. The van der Waals surface area contributed by atoms with Crippen molar-refractivity contribution in [1.82, 2.24) is 0 Å². The summed E-state index contributed by atoms with van der Waals surface area (Å²) in [5.41, 5.74) is 0.